The number of aryl methyl sites for hydroxylation is 1. The number of aromatic amines is 1. The lowest BCUT2D eigenvalue weighted by Crippen LogP contribution is -2.14. The Balaban J connectivity index is 1.82. The van der Waals surface area contributed by atoms with Gasteiger partial charge in [-0.2, -0.15) is 9.61 Å². The van der Waals surface area contributed by atoms with E-state index in [9.17, 15) is 4.79 Å². The van der Waals surface area contributed by atoms with Crippen molar-refractivity contribution in [3.05, 3.63) is 38.7 Å². The molecule has 92 valence electrons. The molecule has 2 N–H and O–H groups in total. The predicted molar refractivity (Wildman–Crippen MR) is 67.8 cm³/mol. The number of aromatic nitrogens is 5. The minimum Gasteiger partial charge on any atom is -0.363 e. The van der Waals surface area contributed by atoms with Gasteiger partial charge in [-0.1, -0.05) is 0 Å². The highest BCUT2D eigenvalue weighted by Crippen LogP contribution is 2.10. The molecule has 0 saturated heterocycles. The van der Waals surface area contributed by atoms with Crippen LogP contribution >= 0.6 is 11.3 Å². The zero-order chi connectivity index (χ0) is 12.5. The van der Waals surface area contributed by atoms with Crippen molar-refractivity contribution < 1.29 is 0 Å². The first-order valence-electron chi connectivity index (χ1n) is 5.32. The number of rotatable bonds is 3. The topological polar surface area (TPSA) is 88.0 Å². The van der Waals surface area contributed by atoms with Crippen LogP contribution in [0, 0.1) is 6.92 Å². The highest BCUT2D eigenvalue weighted by molar-refractivity contribution is 7.09. The summed E-state index contributed by atoms with van der Waals surface area (Å²) in [6.07, 6.45) is 0. The van der Waals surface area contributed by atoms with Crippen molar-refractivity contribution in [3.63, 3.8) is 0 Å². The van der Waals surface area contributed by atoms with Crippen molar-refractivity contribution >= 4 is 22.8 Å². The number of hydrogen-bond donors (Lipinski definition) is 2. The van der Waals surface area contributed by atoms with Gasteiger partial charge in [0.15, 0.2) is 5.65 Å². The van der Waals surface area contributed by atoms with Crippen LogP contribution in [0.15, 0.2) is 22.3 Å². The maximum absolute atomic E-state index is 11.4. The Labute approximate surface area is 106 Å². The zero-order valence-electron chi connectivity index (χ0n) is 9.54. The van der Waals surface area contributed by atoms with E-state index in [0.29, 0.717) is 18.0 Å². The third-order valence-corrected chi connectivity index (χ3v) is 3.21. The Morgan fingerprint density at radius 3 is 3.17 bits per heavy atom. The van der Waals surface area contributed by atoms with Crippen LogP contribution in [0.2, 0.25) is 0 Å². The first-order valence-corrected chi connectivity index (χ1v) is 6.20. The van der Waals surface area contributed by atoms with E-state index in [4.69, 9.17) is 0 Å². The van der Waals surface area contributed by atoms with Crippen LogP contribution in [0.4, 0.5) is 5.82 Å². The standard InChI is InChI=1S/C10H10N6OS/c1-6-12-7(5-18-6)4-11-8-2-3-9-13-14-10(17)16(9)15-8/h2-3,5H,4H2,1H3,(H,11,15)(H,14,17). The Kier molecular flexibility index (Phi) is 2.56. The molecule has 18 heavy (non-hydrogen) atoms. The lowest BCUT2D eigenvalue weighted by atomic mass is 10.4. The lowest BCUT2D eigenvalue weighted by Gasteiger charge is -2.02. The molecule has 0 saturated carbocycles. The molecule has 0 atom stereocenters. The number of H-pyrrole nitrogens is 1. The molecule has 0 aliphatic heterocycles. The molecule has 0 amide bonds. The number of fused-ring (bicyclic) bond motifs is 1. The van der Waals surface area contributed by atoms with Crippen LogP contribution in [0.3, 0.4) is 0 Å². The monoisotopic (exact) mass is 262 g/mol. The van der Waals surface area contributed by atoms with Gasteiger partial charge in [0.05, 0.1) is 17.2 Å². The van der Waals surface area contributed by atoms with E-state index in [2.05, 4.69) is 25.6 Å². The van der Waals surface area contributed by atoms with Gasteiger partial charge in [0.25, 0.3) is 0 Å². The molecule has 0 fully saturated rings. The van der Waals surface area contributed by atoms with Gasteiger partial charge in [-0.15, -0.1) is 16.4 Å². The summed E-state index contributed by atoms with van der Waals surface area (Å²) in [6, 6.07) is 3.49. The van der Waals surface area contributed by atoms with E-state index >= 15 is 0 Å². The predicted octanol–water partition coefficient (Wildman–Crippen LogP) is 0.795. The molecule has 3 aromatic heterocycles. The van der Waals surface area contributed by atoms with E-state index < -0.39 is 0 Å². The third-order valence-electron chi connectivity index (χ3n) is 2.39. The van der Waals surface area contributed by atoms with Crippen molar-refractivity contribution in [2.75, 3.05) is 5.32 Å². The van der Waals surface area contributed by atoms with Gasteiger partial charge in [-0.25, -0.2) is 14.9 Å². The van der Waals surface area contributed by atoms with Gasteiger partial charge in [-0.3, -0.25) is 0 Å². The van der Waals surface area contributed by atoms with Crippen LogP contribution in [-0.2, 0) is 6.54 Å². The highest BCUT2D eigenvalue weighted by atomic mass is 32.1. The second kappa shape index (κ2) is 4.22. The Morgan fingerprint density at radius 1 is 1.50 bits per heavy atom. The molecule has 0 spiro atoms. The van der Waals surface area contributed by atoms with Crippen LogP contribution in [0.1, 0.15) is 10.7 Å². The Morgan fingerprint density at radius 2 is 2.39 bits per heavy atom. The summed E-state index contributed by atoms with van der Waals surface area (Å²) >= 11 is 1.60. The van der Waals surface area contributed by atoms with E-state index in [0.717, 1.165) is 10.7 Å². The first kappa shape index (κ1) is 10.9. The molecule has 0 aromatic carbocycles. The Hall–Kier alpha value is -2.22. The maximum Gasteiger partial charge on any atom is 0.364 e. The molecular formula is C10H10N6OS. The van der Waals surface area contributed by atoms with E-state index in [1.54, 1.807) is 23.5 Å². The fourth-order valence-electron chi connectivity index (χ4n) is 1.57. The smallest absolute Gasteiger partial charge is 0.363 e. The minimum absolute atomic E-state index is 0.349. The van der Waals surface area contributed by atoms with Crippen molar-refractivity contribution in [3.8, 4) is 0 Å². The highest BCUT2D eigenvalue weighted by Gasteiger charge is 2.03. The van der Waals surface area contributed by atoms with E-state index in [-0.39, 0.29) is 5.69 Å². The molecule has 0 bridgehead atoms. The molecule has 0 radical (unpaired) electrons. The van der Waals surface area contributed by atoms with Gasteiger partial charge >= 0.3 is 5.69 Å². The van der Waals surface area contributed by atoms with Crippen molar-refractivity contribution in [2.45, 2.75) is 13.5 Å². The third kappa shape index (κ3) is 1.97. The second-order valence-corrected chi connectivity index (χ2v) is 4.79. The quantitative estimate of drug-likeness (QED) is 0.728. The normalized spacial score (nSPS) is 10.9. The molecule has 7 nitrogen and oxygen atoms in total. The van der Waals surface area contributed by atoms with E-state index in [1.165, 1.54) is 4.52 Å². The number of nitrogens with zero attached hydrogens (tertiary/aromatic N) is 4. The average molecular weight is 262 g/mol. The van der Waals surface area contributed by atoms with Crippen LogP contribution in [0.5, 0.6) is 0 Å². The summed E-state index contributed by atoms with van der Waals surface area (Å²) in [6.45, 7) is 2.54. The van der Waals surface area contributed by atoms with Crippen molar-refractivity contribution in [2.24, 2.45) is 0 Å². The molecule has 8 heteroatoms. The number of thiazole rings is 1. The summed E-state index contributed by atoms with van der Waals surface area (Å²) < 4.78 is 1.22. The van der Waals surface area contributed by atoms with Crippen molar-refractivity contribution in [1.29, 1.82) is 0 Å². The fraction of sp³-hybridized carbons (Fsp3) is 0.200. The molecule has 3 rings (SSSR count). The largest absolute Gasteiger partial charge is 0.364 e. The number of nitrogens with one attached hydrogen (secondary N) is 2. The minimum atomic E-state index is -0.349. The molecular weight excluding hydrogens is 252 g/mol. The summed E-state index contributed by atoms with van der Waals surface area (Å²) in [5.74, 6) is 0.608. The zero-order valence-corrected chi connectivity index (χ0v) is 10.4. The second-order valence-electron chi connectivity index (χ2n) is 3.73. The molecule has 0 aliphatic rings. The van der Waals surface area contributed by atoms with Gasteiger partial charge < -0.3 is 5.32 Å². The summed E-state index contributed by atoms with van der Waals surface area (Å²) in [5.41, 5.74) is 1.10. The summed E-state index contributed by atoms with van der Waals surface area (Å²) in [7, 11) is 0. The lowest BCUT2D eigenvalue weighted by molar-refractivity contribution is 0.873. The van der Waals surface area contributed by atoms with Crippen molar-refractivity contribution in [1.82, 2.24) is 24.8 Å². The van der Waals surface area contributed by atoms with Crippen LogP contribution < -0.4 is 11.0 Å². The average Bonchev–Trinajstić information content (AvgIpc) is 2.94. The molecule has 3 heterocycles. The summed E-state index contributed by atoms with van der Waals surface area (Å²) in [5, 5.41) is 16.4. The van der Waals surface area contributed by atoms with Crippen LogP contribution in [0.25, 0.3) is 5.65 Å². The van der Waals surface area contributed by atoms with Gasteiger partial charge in [0.2, 0.25) is 0 Å². The molecule has 0 unspecified atom stereocenters. The Bertz CT molecular complexity index is 742. The van der Waals surface area contributed by atoms with Crippen LogP contribution in [-0.4, -0.2) is 24.8 Å². The SMILES string of the molecule is Cc1nc(CNc2ccc3n[nH]c(=O)n3n2)cs1. The summed E-state index contributed by atoms with van der Waals surface area (Å²) in [4.78, 5) is 15.7. The number of hydrogen-bond acceptors (Lipinski definition) is 6. The fourth-order valence-corrected chi connectivity index (χ4v) is 2.18. The molecule has 3 aromatic rings. The maximum atomic E-state index is 11.4. The van der Waals surface area contributed by atoms with Gasteiger partial charge in [-0.05, 0) is 19.1 Å². The van der Waals surface area contributed by atoms with E-state index in [1.807, 2.05) is 12.3 Å². The number of anilines is 1. The first-order chi connectivity index (χ1) is 8.72. The van der Waals surface area contributed by atoms with Gasteiger partial charge in [0.1, 0.15) is 5.82 Å². The van der Waals surface area contributed by atoms with Gasteiger partial charge in [0, 0.05) is 5.38 Å². The molecule has 0 aliphatic carbocycles.